The van der Waals surface area contributed by atoms with Crippen molar-refractivity contribution in [1.29, 1.82) is 0 Å². The van der Waals surface area contributed by atoms with E-state index in [9.17, 15) is 27.6 Å². The van der Waals surface area contributed by atoms with E-state index in [0.717, 1.165) is 6.07 Å². The molecule has 0 aliphatic carbocycles. The van der Waals surface area contributed by atoms with E-state index < -0.39 is 29.1 Å². The summed E-state index contributed by atoms with van der Waals surface area (Å²) in [6.45, 7) is 0. The number of carbonyl (C=O) groups is 1. The van der Waals surface area contributed by atoms with Crippen molar-refractivity contribution in [3.63, 3.8) is 0 Å². The van der Waals surface area contributed by atoms with E-state index in [1.807, 2.05) is 4.98 Å². The van der Waals surface area contributed by atoms with Crippen LogP contribution in [0.1, 0.15) is 10.4 Å². The highest BCUT2D eigenvalue weighted by Crippen LogP contribution is 2.21. The third-order valence-corrected chi connectivity index (χ3v) is 2.20. The Balaban J connectivity index is 2.65. The summed E-state index contributed by atoms with van der Waals surface area (Å²) in [5.41, 5.74) is -2.63. The summed E-state index contributed by atoms with van der Waals surface area (Å²) in [5.74, 6) is -1.71. The lowest BCUT2D eigenvalue weighted by Crippen LogP contribution is -2.24. The fourth-order valence-electron chi connectivity index (χ4n) is 1.52. The third-order valence-electron chi connectivity index (χ3n) is 2.20. The van der Waals surface area contributed by atoms with Gasteiger partial charge in [-0.15, -0.1) is 13.2 Å². The summed E-state index contributed by atoms with van der Waals surface area (Å²) in [6.07, 6.45) is -5.15. The van der Waals surface area contributed by atoms with Crippen LogP contribution in [0, 0.1) is 0 Å². The number of aromatic nitrogens is 2. The van der Waals surface area contributed by atoms with E-state index in [0.29, 0.717) is 0 Å². The number of fused-ring (bicyclic) bond motifs is 1. The zero-order valence-electron chi connectivity index (χ0n) is 9.00. The first-order valence-electron chi connectivity index (χ1n) is 4.83. The molecule has 0 aliphatic heterocycles. The lowest BCUT2D eigenvalue weighted by Gasteiger charge is -2.08. The van der Waals surface area contributed by atoms with Crippen molar-refractivity contribution in [2.24, 2.45) is 0 Å². The number of esters is 1. The first-order chi connectivity index (χ1) is 8.78. The quantitative estimate of drug-likeness (QED) is 0.755. The molecule has 100 valence electrons. The van der Waals surface area contributed by atoms with Crippen molar-refractivity contribution < 1.29 is 22.7 Å². The number of halogens is 3. The second-order valence-corrected chi connectivity index (χ2v) is 3.47. The van der Waals surface area contributed by atoms with Crippen molar-refractivity contribution in [3.8, 4) is 0 Å². The summed E-state index contributed by atoms with van der Waals surface area (Å²) >= 11 is 0. The van der Waals surface area contributed by atoms with Gasteiger partial charge in [-0.05, 0) is 12.1 Å². The van der Waals surface area contributed by atoms with Gasteiger partial charge in [0.2, 0.25) is 0 Å². The van der Waals surface area contributed by atoms with Crippen LogP contribution in [0.25, 0.3) is 10.9 Å². The minimum atomic E-state index is -5.15. The van der Waals surface area contributed by atoms with Crippen LogP contribution in [0.5, 0.6) is 0 Å². The van der Waals surface area contributed by atoms with E-state index >= 15 is 0 Å². The van der Waals surface area contributed by atoms with Crippen LogP contribution >= 0.6 is 0 Å². The van der Waals surface area contributed by atoms with Gasteiger partial charge in [0.25, 0.3) is 5.56 Å². The number of rotatable bonds is 1. The number of para-hydroxylation sites is 1. The van der Waals surface area contributed by atoms with Crippen molar-refractivity contribution >= 4 is 16.9 Å². The van der Waals surface area contributed by atoms with Crippen LogP contribution in [0.2, 0.25) is 0 Å². The molecule has 2 rings (SSSR count). The fourth-order valence-corrected chi connectivity index (χ4v) is 1.52. The minimum absolute atomic E-state index is 0.128. The maximum atomic E-state index is 12.0. The molecule has 1 heterocycles. The Kier molecular flexibility index (Phi) is 2.89. The van der Waals surface area contributed by atoms with Crippen molar-refractivity contribution in [2.45, 2.75) is 6.36 Å². The van der Waals surface area contributed by atoms with Crippen LogP contribution < -0.4 is 11.2 Å². The molecule has 0 unspecified atom stereocenters. The number of hydrogen-bond acceptors (Lipinski definition) is 4. The van der Waals surface area contributed by atoms with Gasteiger partial charge in [-0.2, -0.15) is 0 Å². The molecule has 2 N–H and O–H groups in total. The summed E-state index contributed by atoms with van der Waals surface area (Å²) < 4.78 is 39.1. The Hall–Kier alpha value is -2.58. The molecule has 0 saturated heterocycles. The monoisotopic (exact) mass is 274 g/mol. The summed E-state index contributed by atoms with van der Waals surface area (Å²) in [7, 11) is 0. The first kappa shape index (κ1) is 12.9. The number of benzene rings is 1. The molecule has 0 atom stereocenters. The van der Waals surface area contributed by atoms with Crippen LogP contribution in [0.3, 0.4) is 0 Å². The van der Waals surface area contributed by atoms with Crippen LogP contribution in [0.15, 0.2) is 27.8 Å². The lowest BCUT2D eigenvalue weighted by molar-refractivity contribution is -0.291. The van der Waals surface area contributed by atoms with Gasteiger partial charge < -0.3 is 9.72 Å². The number of nitrogens with one attached hydrogen (secondary N) is 2. The van der Waals surface area contributed by atoms with Crippen molar-refractivity contribution in [2.75, 3.05) is 0 Å². The van der Waals surface area contributed by atoms with Gasteiger partial charge in [0.15, 0.2) is 0 Å². The molecule has 0 amide bonds. The highest BCUT2D eigenvalue weighted by atomic mass is 19.4. The SMILES string of the molecule is O=C(OC(F)(F)F)c1cccc2c(=O)[nH]c(=O)[nH]c12. The minimum Gasteiger partial charge on any atom is -0.369 e. The standard InChI is InChI=1S/C10H5F3N2O4/c11-10(12,13)19-8(17)5-3-1-2-4-6(5)14-9(18)15-7(4)16/h1-3H,(H2,14,15,16,18). The van der Waals surface area contributed by atoms with Gasteiger partial charge in [-0.3, -0.25) is 9.78 Å². The van der Waals surface area contributed by atoms with Gasteiger partial charge in [0.05, 0.1) is 16.5 Å². The maximum Gasteiger partial charge on any atom is 0.575 e. The molecular weight excluding hydrogens is 269 g/mol. The first-order valence-corrected chi connectivity index (χ1v) is 4.83. The van der Waals surface area contributed by atoms with E-state index in [1.54, 1.807) is 0 Å². The Bertz CT molecular complexity index is 760. The number of H-pyrrole nitrogens is 2. The Morgan fingerprint density at radius 1 is 1.16 bits per heavy atom. The van der Waals surface area contributed by atoms with Crippen molar-refractivity contribution in [3.05, 3.63) is 44.6 Å². The summed E-state index contributed by atoms with van der Waals surface area (Å²) in [5, 5.41) is -0.128. The molecule has 9 heteroatoms. The second kappa shape index (κ2) is 4.26. The molecule has 19 heavy (non-hydrogen) atoms. The molecular formula is C10H5F3N2O4. The molecule has 0 fully saturated rings. The zero-order valence-corrected chi connectivity index (χ0v) is 9.00. The van der Waals surface area contributed by atoms with Gasteiger partial charge >= 0.3 is 18.0 Å². The number of hydrogen-bond donors (Lipinski definition) is 2. The number of aromatic amines is 2. The Morgan fingerprint density at radius 3 is 2.47 bits per heavy atom. The normalized spacial score (nSPS) is 11.5. The van der Waals surface area contributed by atoms with Crippen LogP contribution in [-0.4, -0.2) is 22.3 Å². The van der Waals surface area contributed by atoms with E-state index in [1.165, 1.54) is 12.1 Å². The smallest absolute Gasteiger partial charge is 0.369 e. The highest BCUT2D eigenvalue weighted by molar-refractivity contribution is 6.02. The summed E-state index contributed by atoms with van der Waals surface area (Å²) in [4.78, 5) is 37.8. The van der Waals surface area contributed by atoms with Gasteiger partial charge in [-0.1, -0.05) is 6.07 Å². The van der Waals surface area contributed by atoms with Crippen LogP contribution in [-0.2, 0) is 4.74 Å². The molecule has 0 radical (unpaired) electrons. The number of ether oxygens (including phenoxy) is 1. The van der Waals surface area contributed by atoms with E-state index in [-0.39, 0.29) is 10.9 Å². The number of carbonyl (C=O) groups excluding carboxylic acids is 1. The maximum absolute atomic E-state index is 12.0. The molecule has 0 bridgehead atoms. The lowest BCUT2D eigenvalue weighted by atomic mass is 10.1. The van der Waals surface area contributed by atoms with E-state index in [4.69, 9.17) is 0 Å². The molecule has 2 aromatic rings. The third kappa shape index (κ3) is 2.64. The molecule has 0 saturated carbocycles. The second-order valence-electron chi connectivity index (χ2n) is 3.47. The van der Waals surface area contributed by atoms with Crippen LogP contribution in [0.4, 0.5) is 13.2 Å². The molecule has 1 aromatic carbocycles. The predicted molar refractivity (Wildman–Crippen MR) is 56.7 cm³/mol. The molecule has 0 aliphatic rings. The van der Waals surface area contributed by atoms with Gasteiger partial charge in [-0.25, -0.2) is 9.59 Å². The molecule has 0 spiro atoms. The van der Waals surface area contributed by atoms with Crippen molar-refractivity contribution in [1.82, 2.24) is 9.97 Å². The average molecular weight is 274 g/mol. The zero-order chi connectivity index (χ0) is 14.2. The number of alkyl halides is 3. The highest BCUT2D eigenvalue weighted by Gasteiger charge is 2.35. The summed E-state index contributed by atoms with van der Waals surface area (Å²) in [6, 6.07) is 3.45. The van der Waals surface area contributed by atoms with Gasteiger partial charge in [0.1, 0.15) is 0 Å². The van der Waals surface area contributed by atoms with Gasteiger partial charge in [0, 0.05) is 0 Å². The molecule has 1 aromatic heterocycles. The largest absolute Gasteiger partial charge is 0.575 e. The molecule has 6 nitrogen and oxygen atoms in total. The van der Waals surface area contributed by atoms with E-state index in [2.05, 4.69) is 9.72 Å². The average Bonchev–Trinajstić information content (AvgIpc) is 2.25. The topological polar surface area (TPSA) is 92.0 Å². The fraction of sp³-hybridized carbons (Fsp3) is 0.100. The Morgan fingerprint density at radius 2 is 1.84 bits per heavy atom. The Labute approximate surface area is 101 Å². The predicted octanol–water partition coefficient (Wildman–Crippen LogP) is 0.893.